The zero-order valence-electron chi connectivity index (χ0n) is 10.9. The molecule has 0 aliphatic heterocycles. The highest BCUT2D eigenvalue weighted by Gasteiger charge is 2.25. The number of halogens is 2. The van der Waals surface area contributed by atoms with E-state index >= 15 is 0 Å². The summed E-state index contributed by atoms with van der Waals surface area (Å²) in [6.07, 6.45) is 0.646. The summed E-state index contributed by atoms with van der Waals surface area (Å²) in [7, 11) is 0. The molecule has 2 rings (SSSR count). The van der Waals surface area contributed by atoms with E-state index in [-0.39, 0.29) is 17.0 Å². The average molecular weight is 261 g/mol. The molecule has 0 spiro atoms. The van der Waals surface area contributed by atoms with Crippen molar-refractivity contribution in [2.24, 2.45) is 5.73 Å². The van der Waals surface area contributed by atoms with Crippen molar-refractivity contribution in [3.63, 3.8) is 0 Å². The second-order valence-corrected chi connectivity index (χ2v) is 5.08. The Hall–Kier alpha value is -1.74. The summed E-state index contributed by atoms with van der Waals surface area (Å²) in [4.78, 5) is 0. The zero-order chi connectivity index (χ0) is 13.9. The Kier molecular flexibility index (Phi) is 3.96. The molecule has 19 heavy (non-hydrogen) atoms. The van der Waals surface area contributed by atoms with Crippen LogP contribution in [0.4, 0.5) is 8.78 Å². The highest BCUT2D eigenvalue weighted by molar-refractivity contribution is 5.30. The maximum Gasteiger partial charge on any atom is 0.123 e. The molecule has 1 unspecified atom stereocenters. The number of hydrogen-bond donors (Lipinski definition) is 1. The van der Waals surface area contributed by atoms with Gasteiger partial charge in [-0.3, -0.25) is 0 Å². The molecule has 0 aromatic heterocycles. The highest BCUT2D eigenvalue weighted by atomic mass is 19.1. The third kappa shape index (κ3) is 3.18. The number of rotatable bonds is 4. The van der Waals surface area contributed by atoms with Gasteiger partial charge < -0.3 is 5.73 Å². The Bertz CT molecular complexity index is 551. The standard InChI is InChI=1S/C16H17F2N/c1-16(11-19,13-3-2-4-15(18)9-13)10-12-5-7-14(17)8-6-12/h2-9H,10-11,19H2,1H3. The minimum Gasteiger partial charge on any atom is -0.330 e. The van der Waals surface area contributed by atoms with Gasteiger partial charge in [0.25, 0.3) is 0 Å². The molecule has 1 atom stereocenters. The van der Waals surface area contributed by atoms with E-state index in [1.807, 2.05) is 13.0 Å². The summed E-state index contributed by atoms with van der Waals surface area (Å²) < 4.78 is 26.2. The Labute approximate surface area is 112 Å². The first-order chi connectivity index (χ1) is 9.03. The zero-order valence-corrected chi connectivity index (χ0v) is 10.9. The van der Waals surface area contributed by atoms with Crippen LogP contribution in [0.1, 0.15) is 18.1 Å². The van der Waals surface area contributed by atoms with E-state index in [1.165, 1.54) is 24.3 Å². The lowest BCUT2D eigenvalue weighted by Crippen LogP contribution is -2.34. The first-order valence-corrected chi connectivity index (χ1v) is 6.24. The lowest BCUT2D eigenvalue weighted by atomic mass is 9.77. The van der Waals surface area contributed by atoms with E-state index in [4.69, 9.17) is 5.73 Å². The number of hydrogen-bond acceptors (Lipinski definition) is 1. The number of benzene rings is 2. The van der Waals surface area contributed by atoms with Gasteiger partial charge in [0.05, 0.1) is 0 Å². The second-order valence-electron chi connectivity index (χ2n) is 5.08. The summed E-state index contributed by atoms with van der Waals surface area (Å²) in [5.41, 5.74) is 7.35. The van der Waals surface area contributed by atoms with Crippen LogP contribution in [0.2, 0.25) is 0 Å². The highest BCUT2D eigenvalue weighted by Crippen LogP contribution is 2.27. The Morgan fingerprint density at radius 2 is 1.68 bits per heavy atom. The molecule has 0 bridgehead atoms. The molecule has 0 saturated carbocycles. The van der Waals surface area contributed by atoms with Gasteiger partial charge in [-0.25, -0.2) is 8.78 Å². The van der Waals surface area contributed by atoms with Crippen molar-refractivity contribution in [1.29, 1.82) is 0 Å². The van der Waals surface area contributed by atoms with Crippen molar-refractivity contribution in [2.75, 3.05) is 6.54 Å². The van der Waals surface area contributed by atoms with E-state index in [0.29, 0.717) is 13.0 Å². The van der Waals surface area contributed by atoms with Gasteiger partial charge in [-0.15, -0.1) is 0 Å². The van der Waals surface area contributed by atoms with Crippen molar-refractivity contribution >= 4 is 0 Å². The largest absolute Gasteiger partial charge is 0.330 e. The van der Waals surface area contributed by atoms with Crippen molar-refractivity contribution in [3.05, 3.63) is 71.3 Å². The SMILES string of the molecule is CC(CN)(Cc1ccc(F)cc1)c1cccc(F)c1. The average Bonchev–Trinajstić information content (AvgIpc) is 2.41. The predicted molar refractivity (Wildman–Crippen MR) is 72.9 cm³/mol. The fourth-order valence-corrected chi connectivity index (χ4v) is 2.21. The summed E-state index contributed by atoms with van der Waals surface area (Å²) in [6, 6.07) is 12.8. The maximum atomic E-state index is 13.3. The molecule has 0 saturated heterocycles. The van der Waals surface area contributed by atoms with Crippen LogP contribution >= 0.6 is 0 Å². The van der Waals surface area contributed by atoms with Crippen LogP contribution in [0.3, 0.4) is 0 Å². The van der Waals surface area contributed by atoms with Gasteiger partial charge in [0.1, 0.15) is 11.6 Å². The van der Waals surface area contributed by atoms with Gasteiger partial charge in [0.2, 0.25) is 0 Å². The quantitative estimate of drug-likeness (QED) is 0.896. The molecule has 2 N–H and O–H groups in total. The molecule has 2 aromatic rings. The van der Waals surface area contributed by atoms with Crippen molar-refractivity contribution in [2.45, 2.75) is 18.8 Å². The van der Waals surface area contributed by atoms with E-state index in [2.05, 4.69) is 0 Å². The van der Waals surface area contributed by atoms with E-state index in [1.54, 1.807) is 18.2 Å². The molecule has 0 radical (unpaired) electrons. The third-order valence-corrected chi connectivity index (χ3v) is 3.48. The van der Waals surface area contributed by atoms with Crippen LogP contribution < -0.4 is 5.73 Å². The van der Waals surface area contributed by atoms with E-state index < -0.39 is 0 Å². The fraction of sp³-hybridized carbons (Fsp3) is 0.250. The Balaban J connectivity index is 2.30. The smallest absolute Gasteiger partial charge is 0.123 e. The van der Waals surface area contributed by atoms with Crippen molar-refractivity contribution in [3.8, 4) is 0 Å². The van der Waals surface area contributed by atoms with Crippen molar-refractivity contribution < 1.29 is 8.78 Å². The van der Waals surface area contributed by atoms with Crippen LogP contribution in [0.15, 0.2) is 48.5 Å². The number of nitrogens with two attached hydrogens (primary N) is 1. The molecule has 0 fully saturated rings. The van der Waals surface area contributed by atoms with Gasteiger partial charge in [-0.05, 0) is 41.8 Å². The van der Waals surface area contributed by atoms with Crippen LogP contribution in [-0.4, -0.2) is 6.54 Å². The molecule has 0 aliphatic rings. The lowest BCUT2D eigenvalue weighted by molar-refractivity contribution is 0.476. The van der Waals surface area contributed by atoms with E-state index in [0.717, 1.165) is 11.1 Å². The normalized spacial score (nSPS) is 14.1. The first kappa shape index (κ1) is 13.7. The second kappa shape index (κ2) is 5.49. The maximum absolute atomic E-state index is 13.3. The molecular formula is C16H17F2N. The lowest BCUT2D eigenvalue weighted by Gasteiger charge is -2.29. The van der Waals surface area contributed by atoms with E-state index in [9.17, 15) is 8.78 Å². The van der Waals surface area contributed by atoms with Gasteiger partial charge in [0, 0.05) is 12.0 Å². The van der Waals surface area contributed by atoms with Crippen LogP contribution in [0.5, 0.6) is 0 Å². The fourth-order valence-electron chi connectivity index (χ4n) is 2.21. The summed E-state index contributed by atoms with van der Waals surface area (Å²) in [6.45, 7) is 2.39. The molecule has 3 heteroatoms. The summed E-state index contributed by atoms with van der Waals surface area (Å²) in [5.74, 6) is -0.528. The minimum absolute atomic E-state index is 0.260. The first-order valence-electron chi connectivity index (χ1n) is 6.24. The van der Waals surface area contributed by atoms with Gasteiger partial charge >= 0.3 is 0 Å². The Morgan fingerprint density at radius 1 is 1.00 bits per heavy atom. The minimum atomic E-state index is -0.361. The summed E-state index contributed by atoms with van der Waals surface area (Å²) >= 11 is 0. The molecule has 2 aromatic carbocycles. The third-order valence-electron chi connectivity index (χ3n) is 3.48. The molecule has 100 valence electrons. The molecule has 1 nitrogen and oxygen atoms in total. The predicted octanol–water partition coefficient (Wildman–Crippen LogP) is 3.42. The van der Waals surface area contributed by atoms with Gasteiger partial charge in [-0.1, -0.05) is 31.2 Å². The molecule has 0 aliphatic carbocycles. The molecule has 0 heterocycles. The van der Waals surface area contributed by atoms with Crippen molar-refractivity contribution in [1.82, 2.24) is 0 Å². The van der Waals surface area contributed by atoms with Gasteiger partial charge in [0.15, 0.2) is 0 Å². The topological polar surface area (TPSA) is 26.0 Å². The van der Waals surface area contributed by atoms with Crippen LogP contribution in [-0.2, 0) is 11.8 Å². The Morgan fingerprint density at radius 3 is 2.26 bits per heavy atom. The monoisotopic (exact) mass is 261 g/mol. The molecule has 0 amide bonds. The van der Waals surface area contributed by atoms with Crippen LogP contribution in [0.25, 0.3) is 0 Å². The van der Waals surface area contributed by atoms with Crippen LogP contribution in [0, 0.1) is 11.6 Å². The van der Waals surface area contributed by atoms with Gasteiger partial charge in [-0.2, -0.15) is 0 Å². The summed E-state index contributed by atoms with van der Waals surface area (Å²) in [5, 5.41) is 0. The molecular weight excluding hydrogens is 244 g/mol.